The minimum absolute atomic E-state index is 0.122. The van der Waals surface area contributed by atoms with Gasteiger partial charge in [-0.2, -0.15) is 0 Å². The molecule has 1 heterocycles. The summed E-state index contributed by atoms with van der Waals surface area (Å²) in [6, 6.07) is 0.164. The molecular formula is C16H29N3O. The van der Waals surface area contributed by atoms with E-state index in [2.05, 4.69) is 34.9 Å². The maximum atomic E-state index is 6.04. The average Bonchev–Trinajstić information content (AvgIpc) is 2.88. The maximum Gasteiger partial charge on any atom is 0.128 e. The zero-order valence-corrected chi connectivity index (χ0v) is 13.4. The number of aromatic nitrogens is 2. The van der Waals surface area contributed by atoms with Gasteiger partial charge >= 0.3 is 0 Å². The molecule has 1 aromatic heterocycles. The summed E-state index contributed by atoms with van der Waals surface area (Å²) in [6.45, 7) is 5.55. The summed E-state index contributed by atoms with van der Waals surface area (Å²) in [7, 11) is 3.88. The van der Waals surface area contributed by atoms with E-state index in [0.29, 0.717) is 5.92 Å². The Hall–Kier alpha value is -0.870. The molecular weight excluding hydrogens is 250 g/mol. The second-order valence-corrected chi connectivity index (χ2v) is 6.17. The van der Waals surface area contributed by atoms with Gasteiger partial charge in [0.05, 0.1) is 11.6 Å². The third-order valence-electron chi connectivity index (χ3n) is 4.68. The molecule has 114 valence electrons. The molecule has 1 aliphatic carbocycles. The van der Waals surface area contributed by atoms with Crippen molar-refractivity contribution in [1.29, 1.82) is 0 Å². The number of aryl methyl sites for hydroxylation is 1. The first-order chi connectivity index (χ1) is 9.66. The minimum Gasteiger partial charge on any atom is -0.376 e. The van der Waals surface area contributed by atoms with Crippen LogP contribution in [0, 0.1) is 5.92 Å². The molecule has 0 bridgehead atoms. The molecule has 1 fully saturated rings. The molecule has 4 nitrogen and oxygen atoms in total. The zero-order valence-electron chi connectivity index (χ0n) is 13.4. The van der Waals surface area contributed by atoms with Crippen molar-refractivity contribution in [2.75, 3.05) is 14.2 Å². The number of nitrogens with one attached hydrogen (secondary N) is 1. The van der Waals surface area contributed by atoms with Crippen LogP contribution in [0.15, 0.2) is 12.4 Å². The lowest BCUT2D eigenvalue weighted by Crippen LogP contribution is -2.48. The zero-order chi connectivity index (χ0) is 14.6. The molecule has 3 atom stereocenters. The molecule has 1 aromatic rings. The van der Waals surface area contributed by atoms with Gasteiger partial charge in [0.1, 0.15) is 5.82 Å². The van der Waals surface area contributed by atoms with Gasteiger partial charge in [-0.1, -0.05) is 26.7 Å². The van der Waals surface area contributed by atoms with Crippen LogP contribution in [0.25, 0.3) is 0 Å². The van der Waals surface area contributed by atoms with Crippen molar-refractivity contribution in [2.45, 2.75) is 64.1 Å². The summed E-state index contributed by atoms with van der Waals surface area (Å²) in [6.07, 6.45) is 9.87. The highest BCUT2D eigenvalue weighted by Crippen LogP contribution is 2.42. The van der Waals surface area contributed by atoms with E-state index < -0.39 is 0 Å². The van der Waals surface area contributed by atoms with Crippen LogP contribution in [-0.4, -0.2) is 29.3 Å². The number of likely N-dealkylation sites (N-methyl/N-ethyl adjacent to an activating group) is 1. The molecule has 1 aliphatic rings. The lowest BCUT2D eigenvalue weighted by Gasteiger charge is -2.44. The van der Waals surface area contributed by atoms with E-state index in [4.69, 9.17) is 4.74 Å². The largest absolute Gasteiger partial charge is 0.376 e. The number of imidazole rings is 1. The Morgan fingerprint density at radius 3 is 3.00 bits per heavy atom. The smallest absolute Gasteiger partial charge is 0.128 e. The van der Waals surface area contributed by atoms with Crippen molar-refractivity contribution in [2.24, 2.45) is 5.92 Å². The highest BCUT2D eigenvalue weighted by atomic mass is 16.5. The molecule has 4 heteroatoms. The van der Waals surface area contributed by atoms with E-state index in [1.54, 1.807) is 0 Å². The first-order valence-electron chi connectivity index (χ1n) is 7.90. The lowest BCUT2D eigenvalue weighted by atomic mass is 9.74. The van der Waals surface area contributed by atoms with E-state index in [-0.39, 0.29) is 11.6 Å². The number of nitrogens with zero attached hydrogens (tertiary/aromatic N) is 2. The van der Waals surface area contributed by atoms with Crippen LogP contribution in [0.5, 0.6) is 0 Å². The van der Waals surface area contributed by atoms with Gasteiger partial charge in [0.15, 0.2) is 0 Å². The van der Waals surface area contributed by atoms with Gasteiger partial charge < -0.3 is 14.6 Å². The molecule has 1 N–H and O–H groups in total. The van der Waals surface area contributed by atoms with E-state index in [1.807, 2.05) is 20.4 Å². The second-order valence-electron chi connectivity index (χ2n) is 6.17. The van der Waals surface area contributed by atoms with Crippen molar-refractivity contribution in [1.82, 2.24) is 14.9 Å². The standard InChI is InChI=1S/C16H29N3O/c1-5-10-19-11-9-18-15(19)14(17-3)16(20-4)8-6-7-13(2)12-16/h9,11,13-14,17H,5-8,10,12H2,1-4H3. The molecule has 20 heavy (non-hydrogen) atoms. The van der Waals surface area contributed by atoms with Crippen LogP contribution in [0.3, 0.4) is 0 Å². The van der Waals surface area contributed by atoms with Gasteiger partial charge in [-0.3, -0.25) is 0 Å². The van der Waals surface area contributed by atoms with Gasteiger partial charge in [-0.25, -0.2) is 4.98 Å². The van der Waals surface area contributed by atoms with Crippen molar-refractivity contribution in [3.05, 3.63) is 18.2 Å². The van der Waals surface area contributed by atoms with Crippen molar-refractivity contribution >= 4 is 0 Å². The molecule has 0 amide bonds. The van der Waals surface area contributed by atoms with Crippen LogP contribution in [0.2, 0.25) is 0 Å². The molecule has 0 spiro atoms. The number of ether oxygens (including phenoxy) is 1. The predicted molar refractivity (Wildman–Crippen MR) is 81.7 cm³/mol. The number of rotatable bonds is 6. The Bertz CT molecular complexity index is 418. The molecule has 0 saturated heterocycles. The van der Waals surface area contributed by atoms with E-state index >= 15 is 0 Å². The highest BCUT2D eigenvalue weighted by molar-refractivity contribution is 5.09. The SMILES string of the molecule is CCCn1ccnc1C(NC)C1(OC)CCCC(C)C1. The summed E-state index contributed by atoms with van der Waals surface area (Å²) in [5, 5.41) is 3.48. The van der Waals surface area contributed by atoms with Crippen LogP contribution < -0.4 is 5.32 Å². The van der Waals surface area contributed by atoms with Gasteiger partial charge in [-0.05, 0) is 32.2 Å². The molecule has 1 saturated carbocycles. The number of hydrogen-bond acceptors (Lipinski definition) is 3. The second kappa shape index (κ2) is 6.72. The Morgan fingerprint density at radius 2 is 2.40 bits per heavy atom. The predicted octanol–water partition coefficient (Wildman–Crippen LogP) is 3.15. The quantitative estimate of drug-likeness (QED) is 0.869. The summed E-state index contributed by atoms with van der Waals surface area (Å²) in [4.78, 5) is 4.62. The molecule has 0 aliphatic heterocycles. The maximum absolute atomic E-state index is 6.04. The van der Waals surface area contributed by atoms with Crippen LogP contribution in [0.1, 0.15) is 57.8 Å². The summed E-state index contributed by atoms with van der Waals surface area (Å²) < 4.78 is 8.31. The fourth-order valence-electron chi connectivity index (χ4n) is 3.75. The normalized spacial score (nSPS) is 28.5. The number of hydrogen-bond donors (Lipinski definition) is 1. The van der Waals surface area contributed by atoms with Gasteiger partial charge in [-0.15, -0.1) is 0 Å². The summed E-state index contributed by atoms with van der Waals surface area (Å²) >= 11 is 0. The Labute approximate surface area is 122 Å². The Kier molecular flexibility index (Phi) is 5.22. The van der Waals surface area contributed by atoms with Crippen LogP contribution in [-0.2, 0) is 11.3 Å². The summed E-state index contributed by atoms with van der Waals surface area (Å²) in [5.74, 6) is 1.83. The van der Waals surface area contributed by atoms with Gasteiger partial charge in [0.25, 0.3) is 0 Å². The van der Waals surface area contributed by atoms with E-state index in [0.717, 1.165) is 31.6 Å². The van der Waals surface area contributed by atoms with Crippen molar-refractivity contribution in [3.8, 4) is 0 Å². The topological polar surface area (TPSA) is 39.1 Å². The van der Waals surface area contributed by atoms with Crippen LogP contribution in [0.4, 0.5) is 0 Å². The minimum atomic E-state index is -0.122. The van der Waals surface area contributed by atoms with Crippen molar-refractivity contribution in [3.63, 3.8) is 0 Å². The Morgan fingerprint density at radius 1 is 1.60 bits per heavy atom. The highest BCUT2D eigenvalue weighted by Gasteiger charge is 2.44. The van der Waals surface area contributed by atoms with E-state index in [1.165, 1.54) is 12.8 Å². The monoisotopic (exact) mass is 279 g/mol. The van der Waals surface area contributed by atoms with Crippen molar-refractivity contribution < 1.29 is 4.74 Å². The molecule has 3 unspecified atom stereocenters. The van der Waals surface area contributed by atoms with Gasteiger partial charge in [0, 0.05) is 26.0 Å². The fourth-order valence-corrected chi connectivity index (χ4v) is 3.75. The van der Waals surface area contributed by atoms with E-state index in [9.17, 15) is 0 Å². The molecule has 0 aromatic carbocycles. The summed E-state index contributed by atoms with van der Waals surface area (Å²) in [5.41, 5.74) is -0.122. The van der Waals surface area contributed by atoms with Gasteiger partial charge in [0.2, 0.25) is 0 Å². The Balaban J connectivity index is 2.31. The third kappa shape index (κ3) is 2.91. The average molecular weight is 279 g/mol. The number of methoxy groups -OCH3 is 1. The lowest BCUT2D eigenvalue weighted by molar-refractivity contribution is -0.0815. The third-order valence-corrected chi connectivity index (χ3v) is 4.68. The van der Waals surface area contributed by atoms with Crippen LogP contribution >= 0.6 is 0 Å². The molecule has 0 radical (unpaired) electrons. The molecule has 2 rings (SSSR count). The first-order valence-corrected chi connectivity index (χ1v) is 7.90. The first kappa shape index (κ1) is 15.5. The fraction of sp³-hybridized carbons (Fsp3) is 0.812.